The van der Waals surface area contributed by atoms with E-state index < -0.39 is 0 Å². The minimum atomic E-state index is -0.0495. The number of allylic oxidation sites excluding steroid dienone is 4. The first-order chi connectivity index (χ1) is 5.88. The highest BCUT2D eigenvalue weighted by molar-refractivity contribution is 6.08. The van der Waals surface area contributed by atoms with E-state index in [2.05, 4.69) is 4.99 Å². The topological polar surface area (TPSA) is 38.7 Å². The average molecular weight is 161 g/mol. The summed E-state index contributed by atoms with van der Waals surface area (Å²) in [5.41, 5.74) is 0.534. The molecule has 3 heteroatoms. The molecule has 0 amide bonds. The summed E-state index contributed by atoms with van der Waals surface area (Å²) in [6, 6.07) is 0. The van der Waals surface area contributed by atoms with Gasteiger partial charge in [0.1, 0.15) is 12.4 Å². The van der Waals surface area contributed by atoms with E-state index in [-0.39, 0.29) is 5.78 Å². The standard InChI is InChI=1S/C9H7NO2/c11-8-2-1-3-9-7(8)6-10-4-5-12-9/h1-4,6H,5H2. The first-order valence-corrected chi connectivity index (χ1v) is 3.65. The molecule has 3 nitrogen and oxygen atoms in total. The van der Waals surface area contributed by atoms with Gasteiger partial charge in [-0.2, -0.15) is 0 Å². The summed E-state index contributed by atoms with van der Waals surface area (Å²) >= 11 is 0. The second-order valence-corrected chi connectivity index (χ2v) is 2.44. The maximum Gasteiger partial charge on any atom is 0.191 e. The Morgan fingerprint density at radius 2 is 2.42 bits per heavy atom. The van der Waals surface area contributed by atoms with E-state index in [1.807, 2.05) is 0 Å². The third-order valence-electron chi connectivity index (χ3n) is 1.65. The molecule has 0 saturated carbocycles. The molecule has 0 aromatic heterocycles. The molecule has 0 aromatic carbocycles. The van der Waals surface area contributed by atoms with E-state index in [0.717, 1.165) is 0 Å². The zero-order valence-electron chi connectivity index (χ0n) is 6.36. The molecule has 1 heterocycles. The largest absolute Gasteiger partial charge is 0.487 e. The van der Waals surface area contributed by atoms with Gasteiger partial charge < -0.3 is 4.74 Å². The van der Waals surface area contributed by atoms with Crippen molar-refractivity contribution in [3.8, 4) is 0 Å². The van der Waals surface area contributed by atoms with Crippen molar-refractivity contribution in [2.24, 2.45) is 4.99 Å². The first-order valence-electron chi connectivity index (χ1n) is 3.65. The molecular weight excluding hydrogens is 154 g/mol. The van der Waals surface area contributed by atoms with Crippen LogP contribution in [0.5, 0.6) is 0 Å². The van der Waals surface area contributed by atoms with Crippen LogP contribution in [-0.2, 0) is 9.53 Å². The molecule has 0 bridgehead atoms. The van der Waals surface area contributed by atoms with Crippen LogP contribution in [-0.4, -0.2) is 18.6 Å². The van der Waals surface area contributed by atoms with Crippen LogP contribution in [0.2, 0.25) is 0 Å². The van der Waals surface area contributed by atoms with E-state index >= 15 is 0 Å². The molecule has 0 aromatic rings. The number of hydrogen-bond acceptors (Lipinski definition) is 3. The lowest BCUT2D eigenvalue weighted by molar-refractivity contribution is -0.111. The molecule has 0 atom stereocenters. The van der Waals surface area contributed by atoms with Gasteiger partial charge in [-0.15, -0.1) is 0 Å². The number of carbonyl (C=O) groups excluding carboxylic acids is 1. The normalized spacial score (nSPS) is 20.5. The molecule has 0 radical (unpaired) electrons. The lowest BCUT2D eigenvalue weighted by Crippen LogP contribution is -2.07. The zero-order chi connectivity index (χ0) is 8.39. The molecule has 2 rings (SSSR count). The quantitative estimate of drug-likeness (QED) is 0.531. The van der Waals surface area contributed by atoms with Crippen molar-refractivity contribution in [3.63, 3.8) is 0 Å². The van der Waals surface area contributed by atoms with Gasteiger partial charge in [0.2, 0.25) is 0 Å². The van der Waals surface area contributed by atoms with Gasteiger partial charge >= 0.3 is 0 Å². The van der Waals surface area contributed by atoms with Gasteiger partial charge in [0.15, 0.2) is 5.78 Å². The Morgan fingerprint density at radius 3 is 3.33 bits per heavy atom. The van der Waals surface area contributed by atoms with Gasteiger partial charge in [0.05, 0.1) is 5.57 Å². The fourth-order valence-corrected chi connectivity index (χ4v) is 1.07. The summed E-state index contributed by atoms with van der Waals surface area (Å²) < 4.78 is 5.25. The SMILES string of the molecule is O=C1C=CC=C2OCC=NC=C12. The van der Waals surface area contributed by atoms with Crippen LogP contribution in [0.3, 0.4) is 0 Å². The first kappa shape index (κ1) is 7.03. The molecule has 0 fully saturated rings. The molecule has 1 aliphatic carbocycles. The van der Waals surface area contributed by atoms with E-state index in [1.54, 1.807) is 18.4 Å². The molecular formula is C9H7NO2. The highest BCUT2D eigenvalue weighted by Crippen LogP contribution is 2.18. The van der Waals surface area contributed by atoms with Gasteiger partial charge in [-0.3, -0.25) is 9.79 Å². The predicted octanol–water partition coefficient (Wildman–Crippen LogP) is 0.994. The second-order valence-electron chi connectivity index (χ2n) is 2.44. The molecule has 0 saturated heterocycles. The summed E-state index contributed by atoms with van der Waals surface area (Å²) in [7, 11) is 0. The monoisotopic (exact) mass is 161 g/mol. The van der Waals surface area contributed by atoms with Gasteiger partial charge in [-0.25, -0.2) is 0 Å². The summed E-state index contributed by atoms with van der Waals surface area (Å²) in [6.07, 6.45) is 8.10. The number of nitrogens with zero attached hydrogens (tertiary/aromatic N) is 1. The van der Waals surface area contributed by atoms with Crippen molar-refractivity contribution in [2.75, 3.05) is 6.61 Å². The van der Waals surface area contributed by atoms with Crippen LogP contribution in [0, 0.1) is 0 Å². The lowest BCUT2D eigenvalue weighted by Gasteiger charge is -2.09. The van der Waals surface area contributed by atoms with E-state index in [9.17, 15) is 4.79 Å². The summed E-state index contributed by atoms with van der Waals surface area (Å²) in [5.74, 6) is 0.562. The number of aliphatic imine (C=N–C) groups is 1. The summed E-state index contributed by atoms with van der Waals surface area (Å²) in [4.78, 5) is 15.1. The molecule has 2 aliphatic rings. The Kier molecular flexibility index (Phi) is 1.63. The average Bonchev–Trinajstić information content (AvgIpc) is 2.30. The Morgan fingerprint density at radius 1 is 1.50 bits per heavy atom. The van der Waals surface area contributed by atoms with Crippen molar-refractivity contribution in [1.82, 2.24) is 0 Å². The zero-order valence-corrected chi connectivity index (χ0v) is 6.36. The number of carbonyl (C=O) groups is 1. The van der Waals surface area contributed by atoms with E-state index in [1.165, 1.54) is 12.3 Å². The summed E-state index contributed by atoms with van der Waals surface area (Å²) in [5, 5.41) is 0. The highest BCUT2D eigenvalue weighted by Gasteiger charge is 2.16. The van der Waals surface area contributed by atoms with Crippen molar-refractivity contribution in [3.05, 3.63) is 35.8 Å². The Balaban J connectivity index is 2.43. The Bertz CT molecular complexity index is 334. The van der Waals surface area contributed by atoms with Crippen molar-refractivity contribution in [1.29, 1.82) is 0 Å². The van der Waals surface area contributed by atoms with Crippen LogP contribution in [0.1, 0.15) is 0 Å². The fraction of sp³-hybridized carbons (Fsp3) is 0.111. The maximum atomic E-state index is 11.2. The van der Waals surface area contributed by atoms with Gasteiger partial charge in [0.25, 0.3) is 0 Å². The molecule has 0 N–H and O–H groups in total. The fourth-order valence-electron chi connectivity index (χ4n) is 1.07. The molecule has 60 valence electrons. The van der Waals surface area contributed by atoms with Gasteiger partial charge in [-0.05, 0) is 12.2 Å². The van der Waals surface area contributed by atoms with Gasteiger partial charge in [0, 0.05) is 12.4 Å². The molecule has 0 unspecified atom stereocenters. The van der Waals surface area contributed by atoms with Crippen molar-refractivity contribution < 1.29 is 9.53 Å². The third-order valence-corrected chi connectivity index (χ3v) is 1.65. The summed E-state index contributed by atoms with van der Waals surface area (Å²) in [6.45, 7) is 0.424. The second kappa shape index (κ2) is 2.77. The predicted molar refractivity (Wildman–Crippen MR) is 44.8 cm³/mol. The van der Waals surface area contributed by atoms with Crippen LogP contribution in [0.15, 0.2) is 40.8 Å². The maximum absolute atomic E-state index is 11.2. The van der Waals surface area contributed by atoms with Crippen LogP contribution in [0.4, 0.5) is 0 Å². The Hall–Kier alpha value is -1.64. The highest BCUT2D eigenvalue weighted by atomic mass is 16.5. The van der Waals surface area contributed by atoms with Crippen LogP contribution >= 0.6 is 0 Å². The van der Waals surface area contributed by atoms with E-state index in [0.29, 0.717) is 17.9 Å². The van der Waals surface area contributed by atoms with Crippen molar-refractivity contribution in [2.45, 2.75) is 0 Å². The number of ketones is 1. The Labute approximate surface area is 69.7 Å². The van der Waals surface area contributed by atoms with E-state index in [4.69, 9.17) is 4.74 Å². The number of ether oxygens (including phenoxy) is 1. The minimum absolute atomic E-state index is 0.0495. The lowest BCUT2D eigenvalue weighted by atomic mass is 10.1. The van der Waals surface area contributed by atoms with Crippen molar-refractivity contribution >= 4 is 12.0 Å². The number of hydrogen-bond donors (Lipinski definition) is 0. The minimum Gasteiger partial charge on any atom is -0.487 e. The number of fused-ring (bicyclic) bond motifs is 1. The third kappa shape index (κ3) is 1.09. The molecule has 12 heavy (non-hydrogen) atoms. The number of rotatable bonds is 0. The smallest absolute Gasteiger partial charge is 0.191 e. The van der Waals surface area contributed by atoms with Crippen LogP contribution in [0.25, 0.3) is 0 Å². The van der Waals surface area contributed by atoms with Crippen LogP contribution < -0.4 is 0 Å². The molecule has 0 spiro atoms. The molecule has 1 aliphatic heterocycles. The van der Waals surface area contributed by atoms with Gasteiger partial charge in [-0.1, -0.05) is 6.08 Å².